The van der Waals surface area contributed by atoms with Crippen molar-refractivity contribution >= 4 is 11.8 Å². The van der Waals surface area contributed by atoms with Gasteiger partial charge < -0.3 is 16.4 Å². The highest BCUT2D eigenvalue weighted by atomic mass is 16.2. The smallest absolute Gasteiger partial charge is 0.251 e. The molecular formula is C17H27N3O2. The first-order valence-corrected chi connectivity index (χ1v) is 7.70. The van der Waals surface area contributed by atoms with Crippen molar-refractivity contribution in [3.63, 3.8) is 0 Å². The van der Waals surface area contributed by atoms with Crippen molar-refractivity contribution in [3.05, 3.63) is 35.4 Å². The number of benzene rings is 1. The van der Waals surface area contributed by atoms with Gasteiger partial charge in [0.05, 0.1) is 0 Å². The molecule has 0 aliphatic rings. The van der Waals surface area contributed by atoms with Crippen LogP contribution in [0.3, 0.4) is 0 Å². The molecule has 0 radical (unpaired) electrons. The summed E-state index contributed by atoms with van der Waals surface area (Å²) >= 11 is 0. The van der Waals surface area contributed by atoms with Crippen molar-refractivity contribution in [2.75, 3.05) is 19.6 Å². The number of hydrogen-bond acceptors (Lipinski definition) is 3. The summed E-state index contributed by atoms with van der Waals surface area (Å²) in [7, 11) is 0. The number of nitrogens with two attached hydrogens (primary N) is 1. The molecule has 0 aliphatic heterocycles. The minimum atomic E-state index is -0.157. The lowest BCUT2D eigenvalue weighted by molar-refractivity contribution is -0.120. The molecule has 0 bridgehead atoms. The molecule has 0 spiro atoms. The van der Waals surface area contributed by atoms with E-state index in [1.54, 1.807) is 0 Å². The van der Waals surface area contributed by atoms with E-state index in [2.05, 4.69) is 31.4 Å². The van der Waals surface area contributed by atoms with Gasteiger partial charge in [0, 0.05) is 25.1 Å². The topological polar surface area (TPSA) is 84.2 Å². The highest BCUT2D eigenvalue weighted by Gasteiger charge is 2.14. The van der Waals surface area contributed by atoms with E-state index >= 15 is 0 Å². The highest BCUT2D eigenvalue weighted by Crippen LogP contribution is 2.22. The Morgan fingerprint density at radius 3 is 2.23 bits per heavy atom. The van der Waals surface area contributed by atoms with Crippen molar-refractivity contribution in [3.8, 4) is 0 Å². The number of carbonyl (C=O) groups excluding carboxylic acids is 2. The predicted octanol–water partition coefficient (Wildman–Crippen LogP) is 1.57. The van der Waals surface area contributed by atoms with E-state index in [-0.39, 0.29) is 23.7 Å². The highest BCUT2D eigenvalue weighted by molar-refractivity contribution is 5.94. The summed E-state index contributed by atoms with van der Waals surface area (Å²) in [5.74, 6) is -0.230. The minimum Gasteiger partial charge on any atom is -0.356 e. The summed E-state index contributed by atoms with van der Waals surface area (Å²) in [5.41, 5.74) is 7.21. The second-order valence-corrected chi connectivity index (χ2v) is 6.33. The van der Waals surface area contributed by atoms with Gasteiger partial charge in [0.2, 0.25) is 5.91 Å². The Labute approximate surface area is 132 Å². The number of hydrogen-bond donors (Lipinski definition) is 3. The summed E-state index contributed by atoms with van der Waals surface area (Å²) in [6.45, 7) is 7.86. The second kappa shape index (κ2) is 8.54. The summed E-state index contributed by atoms with van der Waals surface area (Å²) in [6, 6.07) is 7.57. The summed E-state index contributed by atoms with van der Waals surface area (Å²) in [6.07, 6.45) is 1.04. The first-order chi connectivity index (χ1) is 10.3. The first-order valence-electron chi connectivity index (χ1n) is 7.70. The lowest BCUT2D eigenvalue weighted by Gasteiger charge is -2.19. The zero-order valence-electron chi connectivity index (χ0n) is 13.7. The van der Waals surface area contributed by atoms with Crippen molar-refractivity contribution in [2.45, 2.75) is 39.0 Å². The molecule has 0 saturated heterocycles. The van der Waals surface area contributed by atoms with Crippen LogP contribution in [-0.4, -0.2) is 31.4 Å². The molecule has 2 amide bonds. The van der Waals surface area contributed by atoms with Gasteiger partial charge in [0.1, 0.15) is 0 Å². The van der Waals surface area contributed by atoms with Crippen LogP contribution in [0.2, 0.25) is 0 Å². The number of nitrogens with one attached hydrogen (secondary N) is 2. The van der Waals surface area contributed by atoms with Gasteiger partial charge in [0.25, 0.3) is 5.91 Å². The Morgan fingerprint density at radius 2 is 1.68 bits per heavy atom. The van der Waals surface area contributed by atoms with Gasteiger partial charge in [-0.05, 0) is 36.1 Å². The third-order valence-electron chi connectivity index (χ3n) is 3.35. The number of amides is 2. The maximum Gasteiger partial charge on any atom is 0.251 e. The van der Waals surface area contributed by atoms with Crippen molar-refractivity contribution < 1.29 is 9.59 Å². The Balaban J connectivity index is 2.38. The Hall–Kier alpha value is -1.88. The monoisotopic (exact) mass is 305 g/mol. The van der Waals surface area contributed by atoms with Gasteiger partial charge in [-0.25, -0.2) is 0 Å². The van der Waals surface area contributed by atoms with E-state index in [0.29, 0.717) is 25.2 Å². The van der Waals surface area contributed by atoms with Crippen LogP contribution >= 0.6 is 0 Å². The van der Waals surface area contributed by atoms with E-state index in [0.717, 1.165) is 6.42 Å². The maximum atomic E-state index is 12.0. The van der Waals surface area contributed by atoms with Crippen LogP contribution in [-0.2, 0) is 10.2 Å². The quantitative estimate of drug-likeness (QED) is 0.669. The van der Waals surface area contributed by atoms with Gasteiger partial charge in [-0.3, -0.25) is 9.59 Å². The minimum absolute atomic E-state index is 0.0661. The molecule has 0 atom stereocenters. The molecule has 0 saturated carbocycles. The average molecular weight is 305 g/mol. The first kappa shape index (κ1) is 18.2. The second-order valence-electron chi connectivity index (χ2n) is 6.33. The molecule has 0 heterocycles. The van der Waals surface area contributed by atoms with E-state index in [9.17, 15) is 9.59 Å². The maximum absolute atomic E-state index is 12.0. The van der Waals surface area contributed by atoms with Gasteiger partial charge in [-0.1, -0.05) is 32.9 Å². The zero-order valence-corrected chi connectivity index (χ0v) is 13.7. The Kier molecular flexibility index (Phi) is 7.05. The molecule has 5 heteroatoms. The molecule has 5 nitrogen and oxygen atoms in total. The van der Waals surface area contributed by atoms with Crippen LogP contribution in [0.1, 0.15) is 49.5 Å². The Morgan fingerprint density at radius 1 is 1.05 bits per heavy atom. The predicted molar refractivity (Wildman–Crippen MR) is 88.8 cm³/mol. The normalized spacial score (nSPS) is 11.1. The molecule has 22 heavy (non-hydrogen) atoms. The Bertz CT molecular complexity index is 490. The molecule has 122 valence electrons. The van der Waals surface area contributed by atoms with Crippen LogP contribution in [0.4, 0.5) is 0 Å². The third kappa shape index (κ3) is 6.26. The molecule has 1 aromatic carbocycles. The van der Waals surface area contributed by atoms with E-state index in [4.69, 9.17) is 5.73 Å². The van der Waals surface area contributed by atoms with E-state index in [1.807, 2.05) is 24.3 Å². The summed E-state index contributed by atoms with van der Waals surface area (Å²) < 4.78 is 0. The molecule has 0 unspecified atom stereocenters. The van der Waals surface area contributed by atoms with Crippen LogP contribution < -0.4 is 16.4 Å². The zero-order chi connectivity index (χ0) is 16.6. The van der Waals surface area contributed by atoms with Gasteiger partial charge in [0.15, 0.2) is 0 Å². The van der Waals surface area contributed by atoms with E-state index in [1.165, 1.54) is 5.56 Å². The largest absolute Gasteiger partial charge is 0.356 e. The number of rotatable bonds is 7. The van der Waals surface area contributed by atoms with Crippen molar-refractivity contribution in [1.29, 1.82) is 0 Å². The van der Waals surface area contributed by atoms with E-state index < -0.39 is 0 Å². The third-order valence-corrected chi connectivity index (χ3v) is 3.35. The average Bonchev–Trinajstić information content (AvgIpc) is 2.46. The molecule has 0 aromatic heterocycles. The fourth-order valence-corrected chi connectivity index (χ4v) is 1.93. The fourth-order valence-electron chi connectivity index (χ4n) is 1.93. The molecule has 1 aromatic rings. The summed E-state index contributed by atoms with van der Waals surface area (Å²) in [4.78, 5) is 23.5. The fraction of sp³-hybridized carbons (Fsp3) is 0.529. The lowest BCUT2D eigenvalue weighted by Crippen LogP contribution is -2.31. The molecule has 0 fully saturated rings. The standard InChI is InChI=1S/C17H27N3O2/c1-17(2,3)14-7-5-13(6-8-14)16(22)20-12-9-15(21)19-11-4-10-18/h5-8H,4,9-12,18H2,1-3H3,(H,19,21)(H,20,22). The van der Waals surface area contributed by atoms with Crippen molar-refractivity contribution in [2.24, 2.45) is 5.73 Å². The van der Waals surface area contributed by atoms with Crippen LogP contribution in [0.5, 0.6) is 0 Å². The van der Waals surface area contributed by atoms with Crippen LogP contribution in [0.15, 0.2) is 24.3 Å². The number of carbonyl (C=O) groups is 2. The molecule has 0 aliphatic carbocycles. The molecule has 4 N–H and O–H groups in total. The van der Waals surface area contributed by atoms with Gasteiger partial charge in [-0.15, -0.1) is 0 Å². The van der Waals surface area contributed by atoms with Gasteiger partial charge in [-0.2, -0.15) is 0 Å². The summed E-state index contributed by atoms with van der Waals surface area (Å²) in [5, 5.41) is 5.50. The van der Waals surface area contributed by atoms with Gasteiger partial charge >= 0.3 is 0 Å². The lowest BCUT2D eigenvalue weighted by atomic mass is 9.87. The SMILES string of the molecule is CC(C)(C)c1ccc(C(=O)NCCC(=O)NCCCN)cc1. The van der Waals surface area contributed by atoms with Crippen molar-refractivity contribution in [1.82, 2.24) is 10.6 Å². The molecular weight excluding hydrogens is 278 g/mol. The molecule has 1 rings (SSSR count). The van der Waals surface area contributed by atoms with Crippen LogP contribution in [0.25, 0.3) is 0 Å². The van der Waals surface area contributed by atoms with Crippen LogP contribution in [0, 0.1) is 0 Å².